The van der Waals surface area contributed by atoms with Crippen molar-refractivity contribution < 1.29 is 17.2 Å². The van der Waals surface area contributed by atoms with Crippen molar-refractivity contribution in [1.82, 2.24) is 29.5 Å². The number of aromatic nitrogens is 5. The van der Waals surface area contributed by atoms with Gasteiger partial charge in [0.15, 0.2) is 10.7 Å². The highest BCUT2D eigenvalue weighted by atomic mass is 35.5. The topological polar surface area (TPSA) is 126 Å². The molecule has 1 N–H and O–H groups in total. The summed E-state index contributed by atoms with van der Waals surface area (Å²) in [4.78, 5) is 8.08. The van der Waals surface area contributed by atoms with Crippen LogP contribution in [0.3, 0.4) is 0 Å². The molecule has 5 rings (SSSR count). The second-order valence-electron chi connectivity index (χ2n) is 7.46. The fourth-order valence-corrected chi connectivity index (χ4v) is 5.72. The molecule has 0 atom stereocenters. The van der Waals surface area contributed by atoms with Crippen molar-refractivity contribution in [3.8, 4) is 11.2 Å². The fraction of sp³-hybridized carbons (Fsp3) is 0.278. The molecule has 0 spiro atoms. The molecule has 0 bridgehead atoms. The maximum atomic E-state index is 13.8. The van der Waals surface area contributed by atoms with E-state index in [4.69, 9.17) is 11.6 Å². The monoisotopic (exact) mass is 495 g/mol. The van der Waals surface area contributed by atoms with E-state index >= 15 is 0 Å². The predicted octanol–water partition coefficient (Wildman–Crippen LogP) is 3.52. The van der Waals surface area contributed by atoms with Gasteiger partial charge >= 0.3 is 0 Å². The summed E-state index contributed by atoms with van der Waals surface area (Å²) in [6.45, 7) is 0.710. The Bertz CT molecular complexity index is 1550. The Kier molecular flexibility index (Phi) is 4.51. The lowest BCUT2D eigenvalue weighted by molar-refractivity contribution is 0.0165. The maximum absolute atomic E-state index is 13.8. The number of fused-ring (bicyclic) bond motifs is 3. The van der Waals surface area contributed by atoms with Crippen LogP contribution in [0.1, 0.15) is 24.8 Å². The lowest BCUT2D eigenvalue weighted by atomic mass is 10.2. The van der Waals surface area contributed by atoms with E-state index < -0.39 is 26.5 Å². The third-order valence-electron chi connectivity index (χ3n) is 5.06. The van der Waals surface area contributed by atoms with Crippen LogP contribution in [0.15, 0.2) is 29.4 Å². The summed E-state index contributed by atoms with van der Waals surface area (Å²) >= 11 is 6.92. The maximum Gasteiger partial charge on any atom is 0.298 e. The number of hydrogen-bond acceptors (Lipinski definition) is 8. The second kappa shape index (κ2) is 6.85. The van der Waals surface area contributed by atoms with Gasteiger partial charge in [-0.15, -0.1) is 10.2 Å². The van der Waals surface area contributed by atoms with Crippen molar-refractivity contribution in [2.24, 2.45) is 0 Å². The first-order chi connectivity index (χ1) is 15.0. The molecular weight excluding hydrogens is 484 g/mol. The number of halogens is 3. The van der Waals surface area contributed by atoms with Gasteiger partial charge in [0, 0.05) is 12.3 Å². The summed E-state index contributed by atoms with van der Waals surface area (Å²) in [5, 5.41) is 17.3. The Morgan fingerprint density at radius 2 is 2.06 bits per heavy atom. The first-order valence-electron chi connectivity index (χ1n) is 9.17. The highest BCUT2D eigenvalue weighted by Crippen LogP contribution is 2.39. The minimum atomic E-state index is -4.03. The van der Waals surface area contributed by atoms with Gasteiger partial charge in [-0.1, -0.05) is 29.0 Å². The zero-order valence-corrected chi connectivity index (χ0v) is 18.6. The van der Waals surface area contributed by atoms with E-state index in [1.54, 1.807) is 0 Å². The Labute approximate surface area is 188 Å². The summed E-state index contributed by atoms with van der Waals surface area (Å²) in [5.41, 5.74) is -0.523. The molecule has 0 unspecified atom stereocenters. The van der Waals surface area contributed by atoms with Crippen LogP contribution >= 0.6 is 22.9 Å². The quantitative estimate of drug-likeness (QED) is 0.419. The SMILES string of the molecule is CC(F)(F)c1nnc(-n2c3cc(S(=O)(=O)NC4(C#N)CC4)ccc3c3c(Cl)ncnc32)s1. The zero-order valence-electron chi connectivity index (χ0n) is 16.2. The van der Waals surface area contributed by atoms with E-state index in [0.717, 1.165) is 0 Å². The third-order valence-corrected chi connectivity index (χ3v) is 7.96. The molecule has 3 aromatic heterocycles. The van der Waals surface area contributed by atoms with Crippen molar-refractivity contribution in [1.29, 1.82) is 5.26 Å². The van der Waals surface area contributed by atoms with Gasteiger partial charge in [-0.25, -0.2) is 18.4 Å². The number of rotatable bonds is 5. The molecule has 164 valence electrons. The van der Waals surface area contributed by atoms with Gasteiger partial charge in [-0.2, -0.15) is 18.8 Å². The Hall–Kier alpha value is -2.79. The molecule has 1 fully saturated rings. The Balaban J connectivity index is 1.76. The van der Waals surface area contributed by atoms with Crippen LogP contribution in [0.5, 0.6) is 0 Å². The van der Waals surface area contributed by atoms with Crippen LogP contribution in [-0.4, -0.2) is 38.7 Å². The standard InChI is InChI=1S/C18H12ClF2N7O2S2/c1-17(20,21)15-25-26-16(31-15)28-11-6-9(32(29,30)27-18(7-22)4-5-18)2-3-10(11)12-13(19)23-8-24-14(12)28/h2-3,6,8,27H,4-5H2,1H3. The van der Waals surface area contributed by atoms with Crippen molar-refractivity contribution in [2.45, 2.75) is 36.1 Å². The average Bonchev–Trinajstić information content (AvgIpc) is 3.17. The van der Waals surface area contributed by atoms with Crippen LogP contribution < -0.4 is 4.72 Å². The summed E-state index contributed by atoms with van der Waals surface area (Å²) < 4.78 is 57.2. The second-order valence-corrected chi connectivity index (χ2v) is 10.5. The number of sulfonamides is 1. The number of nitriles is 1. The number of alkyl halides is 2. The van der Waals surface area contributed by atoms with E-state index in [1.165, 1.54) is 29.1 Å². The molecule has 32 heavy (non-hydrogen) atoms. The molecule has 0 saturated heterocycles. The number of nitrogens with one attached hydrogen (secondary N) is 1. The van der Waals surface area contributed by atoms with Gasteiger partial charge in [-0.3, -0.25) is 4.57 Å². The summed E-state index contributed by atoms with van der Waals surface area (Å²) in [7, 11) is -4.03. The van der Waals surface area contributed by atoms with Crippen LogP contribution in [0.4, 0.5) is 8.78 Å². The van der Waals surface area contributed by atoms with Gasteiger partial charge < -0.3 is 0 Å². The molecule has 4 aromatic rings. The normalized spacial score (nSPS) is 15.8. The molecule has 9 nitrogen and oxygen atoms in total. The largest absolute Gasteiger partial charge is 0.298 e. The molecule has 0 radical (unpaired) electrons. The molecular formula is C18H12ClF2N7O2S2. The first-order valence-corrected chi connectivity index (χ1v) is 11.8. The summed E-state index contributed by atoms with van der Waals surface area (Å²) in [6, 6.07) is 6.24. The third kappa shape index (κ3) is 3.30. The number of nitrogens with zero attached hydrogens (tertiary/aromatic N) is 6. The highest BCUT2D eigenvalue weighted by Gasteiger charge is 2.46. The fourth-order valence-electron chi connectivity index (χ4n) is 3.30. The van der Waals surface area contributed by atoms with E-state index in [9.17, 15) is 22.5 Å². The zero-order chi connectivity index (χ0) is 22.9. The van der Waals surface area contributed by atoms with Gasteiger partial charge in [-0.05, 0) is 25.0 Å². The van der Waals surface area contributed by atoms with E-state index in [2.05, 4.69) is 24.9 Å². The lowest BCUT2D eigenvalue weighted by Gasteiger charge is -2.10. The van der Waals surface area contributed by atoms with Crippen molar-refractivity contribution in [3.05, 3.63) is 34.7 Å². The molecule has 3 heterocycles. The van der Waals surface area contributed by atoms with Gasteiger partial charge in [0.1, 0.15) is 17.0 Å². The van der Waals surface area contributed by atoms with Crippen LogP contribution in [0.2, 0.25) is 5.15 Å². The number of benzene rings is 1. The predicted molar refractivity (Wildman–Crippen MR) is 112 cm³/mol. The van der Waals surface area contributed by atoms with E-state index in [-0.39, 0.29) is 20.8 Å². The first kappa shape index (κ1) is 21.1. The minimum Gasteiger partial charge on any atom is -0.268 e. The minimum absolute atomic E-state index is 0.0643. The Morgan fingerprint density at radius 3 is 2.69 bits per heavy atom. The van der Waals surface area contributed by atoms with Crippen molar-refractivity contribution in [2.75, 3.05) is 0 Å². The molecule has 1 aromatic carbocycles. The average molecular weight is 496 g/mol. The van der Waals surface area contributed by atoms with Crippen molar-refractivity contribution in [3.63, 3.8) is 0 Å². The molecule has 0 amide bonds. The summed E-state index contributed by atoms with van der Waals surface area (Å²) in [6.07, 6.45) is 2.06. The van der Waals surface area contributed by atoms with Crippen molar-refractivity contribution >= 4 is 54.9 Å². The molecule has 14 heteroatoms. The number of hydrogen-bond donors (Lipinski definition) is 1. The van der Waals surface area contributed by atoms with Crippen LogP contribution in [0, 0.1) is 11.3 Å². The molecule has 0 aliphatic heterocycles. The van der Waals surface area contributed by atoms with Gasteiger partial charge in [0.05, 0.1) is 21.9 Å². The van der Waals surface area contributed by atoms with Crippen LogP contribution in [-0.2, 0) is 15.9 Å². The summed E-state index contributed by atoms with van der Waals surface area (Å²) in [5.74, 6) is -3.20. The van der Waals surface area contributed by atoms with Gasteiger partial charge in [0.25, 0.3) is 5.92 Å². The Morgan fingerprint density at radius 1 is 1.31 bits per heavy atom. The highest BCUT2D eigenvalue weighted by molar-refractivity contribution is 7.89. The smallest absolute Gasteiger partial charge is 0.268 e. The van der Waals surface area contributed by atoms with E-state index in [1.807, 2.05) is 6.07 Å². The van der Waals surface area contributed by atoms with Gasteiger partial charge in [0.2, 0.25) is 15.2 Å². The molecule has 1 saturated carbocycles. The molecule has 1 aliphatic carbocycles. The lowest BCUT2D eigenvalue weighted by Crippen LogP contribution is -2.35. The van der Waals surface area contributed by atoms with Crippen LogP contribution in [0.25, 0.3) is 27.1 Å². The van der Waals surface area contributed by atoms with E-state index in [0.29, 0.717) is 47.4 Å². The molecule has 1 aliphatic rings.